The molecule has 0 saturated heterocycles. The van der Waals surface area contributed by atoms with E-state index in [-0.39, 0.29) is 26.5 Å². The van der Waals surface area contributed by atoms with Crippen LogP contribution in [0.1, 0.15) is 83.4 Å². The van der Waals surface area contributed by atoms with Gasteiger partial charge in [0.05, 0.1) is 6.20 Å². The minimum Gasteiger partial charge on any atom is -0.509 e. The van der Waals surface area contributed by atoms with Gasteiger partial charge < -0.3 is 9.30 Å². The first-order chi connectivity index (χ1) is 23.6. The molecule has 0 bridgehead atoms. The molecule has 0 radical (unpaired) electrons. The van der Waals surface area contributed by atoms with E-state index in [0.717, 1.165) is 51.7 Å². The third kappa shape index (κ3) is 7.21. The summed E-state index contributed by atoms with van der Waals surface area (Å²) in [5, 5.41) is 7.03. The average molecular weight is 840 g/mol. The maximum atomic E-state index is 6.44. The molecule has 6 heteroatoms. The van der Waals surface area contributed by atoms with Gasteiger partial charge in [0.2, 0.25) is 0 Å². The van der Waals surface area contributed by atoms with E-state index in [4.69, 9.17) is 14.8 Å². The Hall–Kier alpha value is -4.47. The molecule has 0 spiro atoms. The van der Waals surface area contributed by atoms with Crippen LogP contribution in [0.3, 0.4) is 0 Å². The number of nitrogens with zero attached hydrogens (tertiary/aromatic N) is 4. The Labute approximate surface area is 310 Å². The summed E-state index contributed by atoms with van der Waals surface area (Å²) in [6.45, 7) is 15.8. The van der Waals surface area contributed by atoms with Crippen LogP contribution in [0.2, 0.25) is 0 Å². The first-order valence-electron chi connectivity index (χ1n) is 17.3. The molecule has 7 aromatic rings. The Bertz CT molecular complexity index is 2240. The number of aromatic nitrogens is 4. The molecule has 0 aliphatic heterocycles. The van der Waals surface area contributed by atoms with Crippen LogP contribution in [0.25, 0.3) is 44.4 Å². The molecule has 0 amide bonds. The van der Waals surface area contributed by atoms with Crippen LogP contribution in [0.4, 0.5) is 0 Å². The largest absolute Gasteiger partial charge is 2.00 e. The second-order valence-electron chi connectivity index (χ2n) is 14.8. The molecule has 0 N–H and O–H groups in total. The summed E-state index contributed by atoms with van der Waals surface area (Å²) in [4.78, 5) is 4.83. The Morgan fingerprint density at radius 2 is 1.50 bits per heavy atom. The van der Waals surface area contributed by atoms with Gasteiger partial charge in [0.15, 0.2) is 0 Å². The standard InChI is InChI=1S/C44H44N4O.Pt/c1-29(2)36-15-11-16-37(30(3)4)43(36)32-27-46-47(28-32)33-12-10-13-34(25-33)49-35-18-19-39-38-14-8-9-17-40(38)48(41(39)26-35)42-24-31(21-23-45-42)20-22-44(5,6)7;/h8-19,21,23-24,27-30H,20,22H2,1-7H3;/q-2;+2. The smallest absolute Gasteiger partial charge is 0.509 e. The van der Waals surface area contributed by atoms with Crippen molar-refractivity contribution < 1.29 is 25.8 Å². The maximum Gasteiger partial charge on any atom is 2.00 e. The SMILES string of the molecule is CC(C)c1cccc(C(C)C)c1-c1cnn(-c2[c-]c(Oc3[c-]c4c(cc3)c3ccccc3n4-c3cc(CCC(C)(C)C)ccn3)ccc2)c1.[Pt+2]. The zero-order valence-corrected chi connectivity index (χ0v) is 32.2. The molecule has 0 aliphatic carbocycles. The van der Waals surface area contributed by atoms with Gasteiger partial charge in [0.25, 0.3) is 0 Å². The van der Waals surface area contributed by atoms with Gasteiger partial charge in [-0.3, -0.25) is 4.68 Å². The van der Waals surface area contributed by atoms with Crippen LogP contribution in [-0.2, 0) is 27.5 Å². The third-order valence-electron chi connectivity index (χ3n) is 9.22. The van der Waals surface area contributed by atoms with Crippen LogP contribution >= 0.6 is 0 Å². The van der Waals surface area contributed by atoms with Crippen molar-refractivity contribution in [1.29, 1.82) is 0 Å². The Kier molecular flexibility index (Phi) is 10.2. The second-order valence-corrected chi connectivity index (χ2v) is 14.8. The molecule has 5 nitrogen and oxygen atoms in total. The number of pyridine rings is 1. The quantitative estimate of drug-likeness (QED) is 0.136. The van der Waals surface area contributed by atoms with Crippen molar-refractivity contribution in [2.75, 3.05) is 0 Å². The molecule has 0 aliphatic rings. The summed E-state index contributed by atoms with van der Waals surface area (Å²) in [7, 11) is 0. The van der Waals surface area contributed by atoms with Gasteiger partial charge in [-0.05, 0) is 81.6 Å². The number of ether oxygens (including phenoxy) is 1. The van der Waals surface area contributed by atoms with E-state index in [9.17, 15) is 0 Å². The molecule has 50 heavy (non-hydrogen) atoms. The van der Waals surface area contributed by atoms with Gasteiger partial charge in [-0.1, -0.05) is 90.4 Å². The molecule has 3 heterocycles. The molecular weight excluding hydrogens is 796 g/mol. The van der Waals surface area contributed by atoms with E-state index in [1.807, 2.05) is 41.3 Å². The van der Waals surface area contributed by atoms with E-state index in [2.05, 4.69) is 132 Å². The first-order valence-corrected chi connectivity index (χ1v) is 17.3. The van der Waals surface area contributed by atoms with Crippen molar-refractivity contribution in [2.45, 2.75) is 73.1 Å². The van der Waals surface area contributed by atoms with Crippen LogP contribution in [0, 0.1) is 17.5 Å². The molecular formula is C44H44N4OPt. The Balaban J connectivity index is 0.00000432. The summed E-state index contributed by atoms with van der Waals surface area (Å²) >= 11 is 0. The number of benzene rings is 4. The third-order valence-corrected chi connectivity index (χ3v) is 9.22. The van der Waals surface area contributed by atoms with E-state index >= 15 is 0 Å². The molecule has 3 aromatic heterocycles. The number of rotatable bonds is 9. The first kappa shape index (κ1) is 35.4. The molecule has 0 saturated carbocycles. The zero-order valence-electron chi connectivity index (χ0n) is 29.9. The summed E-state index contributed by atoms with van der Waals surface area (Å²) in [6.07, 6.45) is 8.08. The van der Waals surface area contributed by atoms with E-state index in [1.165, 1.54) is 22.3 Å². The van der Waals surface area contributed by atoms with Crippen molar-refractivity contribution in [3.05, 3.63) is 132 Å². The van der Waals surface area contributed by atoms with Gasteiger partial charge in [0, 0.05) is 35.0 Å². The fourth-order valence-corrected chi connectivity index (χ4v) is 6.65. The van der Waals surface area contributed by atoms with Crippen LogP contribution in [0.5, 0.6) is 11.5 Å². The molecule has 0 fully saturated rings. The summed E-state index contributed by atoms with van der Waals surface area (Å²) < 4.78 is 10.5. The summed E-state index contributed by atoms with van der Waals surface area (Å²) in [5.41, 5.74) is 9.42. The minimum absolute atomic E-state index is 0. The topological polar surface area (TPSA) is 44.9 Å². The molecule has 0 atom stereocenters. The van der Waals surface area contributed by atoms with Crippen molar-refractivity contribution in [3.8, 4) is 34.1 Å². The fourth-order valence-electron chi connectivity index (χ4n) is 6.65. The normalized spacial score (nSPS) is 11.9. The minimum atomic E-state index is 0. The Morgan fingerprint density at radius 1 is 0.780 bits per heavy atom. The molecule has 256 valence electrons. The number of para-hydroxylation sites is 1. The number of fused-ring (bicyclic) bond motifs is 3. The van der Waals surface area contributed by atoms with Gasteiger partial charge in [-0.25, -0.2) is 4.98 Å². The van der Waals surface area contributed by atoms with Crippen molar-refractivity contribution in [2.24, 2.45) is 5.41 Å². The Morgan fingerprint density at radius 3 is 2.24 bits per heavy atom. The summed E-state index contributed by atoms with van der Waals surface area (Å²) in [6, 6.07) is 36.5. The predicted molar refractivity (Wildman–Crippen MR) is 201 cm³/mol. The second kappa shape index (κ2) is 14.4. The predicted octanol–water partition coefficient (Wildman–Crippen LogP) is 11.6. The van der Waals surface area contributed by atoms with Gasteiger partial charge in [-0.2, -0.15) is 17.2 Å². The number of hydrogen-bond acceptors (Lipinski definition) is 3. The molecule has 0 unspecified atom stereocenters. The van der Waals surface area contributed by atoms with Crippen LogP contribution in [0.15, 0.2) is 104 Å². The van der Waals surface area contributed by atoms with Crippen molar-refractivity contribution in [3.63, 3.8) is 0 Å². The maximum absolute atomic E-state index is 6.44. The van der Waals surface area contributed by atoms with Gasteiger partial charge >= 0.3 is 21.1 Å². The van der Waals surface area contributed by atoms with Crippen molar-refractivity contribution in [1.82, 2.24) is 19.3 Å². The molecule has 7 rings (SSSR count). The number of hydrogen-bond donors (Lipinski definition) is 0. The van der Waals surface area contributed by atoms with Gasteiger partial charge in [0.1, 0.15) is 5.82 Å². The fraction of sp³-hybridized carbons (Fsp3) is 0.273. The van der Waals surface area contributed by atoms with Gasteiger partial charge in [-0.15, -0.1) is 35.7 Å². The molecule has 4 aromatic carbocycles. The average Bonchev–Trinajstić information content (AvgIpc) is 3.70. The van der Waals surface area contributed by atoms with Crippen LogP contribution < -0.4 is 4.74 Å². The number of aryl methyl sites for hydroxylation is 1. The van der Waals surface area contributed by atoms with Crippen molar-refractivity contribution >= 4 is 21.8 Å². The van der Waals surface area contributed by atoms with E-state index < -0.39 is 0 Å². The van der Waals surface area contributed by atoms with Crippen LogP contribution in [-0.4, -0.2) is 19.3 Å². The monoisotopic (exact) mass is 839 g/mol. The van der Waals surface area contributed by atoms with E-state index in [0.29, 0.717) is 23.3 Å². The summed E-state index contributed by atoms with van der Waals surface area (Å²) in [5.74, 6) is 2.90. The zero-order chi connectivity index (χ0) is 34.3. The van der Waals surface area contributed by atoms with E-state index in [1.54, 1.807) is 0 Å².